The topological polar surface area (TPSA) is 86.8 Å². The summed E-state index contributed by atoms with van der Waals surface area (Å²) in [6, 6.07) is 14.6. The third-order valence-corrected chi connectivity index (χ3v) is 8.48. The molecular formula is C28H28Cl2F3N3O4S. The van der Waals surface area contributed by atoms with E-state index < -0.39 is 51.9 Å². The number of halogens is 5. The molecule has 0 aliphatic carbocycles. The van der Waals surface area contributed by atoms with Crippen molar-refractivity contribution in [2.45, 2.75) is 43.9 Å². The molecule has 3 aromatic carbocycles. The molecule has 0 radical (unpaired) electrons. The molecule has 7 nitrogen and oxygen atoms in total. The Kier molecular flexibility index (Phi) is 10.7. The number of carbonyl (C=O) groups excluding carboxylic acids is 2. The molecule has 0 aliphatic rings. The monoisotopic (exact) mass is 629 g/mol. The predicted molar refractivity (Wildman–Crippen MR) is 152 cm³/mol. The van der Waals surface area contributed by atoms with Crippen LogP contribution in [-0.4, -0.2) is 44.3 Å². The minimum absolute atomic E-state index is 0.105. The molecule has 2 amide bonds. The van der Waals surface area contributed by atoms with Crippen molar-refractivity contribution < 1.29 is 31.2 Å². The maximum atomic E-state index is 13.8. The van der Waals surface area contributed by atoms with Gasteiger partial charge in [0.15, 0.2) is 0 Å². The van der Waals surface area contributed by atoms with Gasteiger partial charge in [-0.25, -0.2) is 8.42 Å². The largest absolute Gasteiger partial charge is 0.416 e. The lowest BCUT2D eigenvalue weighted by molar-refractivity contribution is -0.139. The van der Waals surface area contributed by atoms with E-state index in [0.717, 1.165) is 11.0 Å². The Hall–Kier alpha value is -3.28. The number of rotatable bonds is 11. The lowest BCUT2D eigenvalue weighted by Gasteiger charge is -2.32. The van der Waals surface area contributed by atoms with Crippen LogP contribution < -0.4 is 9.62 Å². The number of benzene rings is 3. The van der Waals surface area contributed by atoms with Gasteiger partial charge >= 0.3 is 6.18 Å². The number of sulfonamides is 1. The standard InChI is InChI=1S/C28H28Cl2F3N3O4S/c1-3-15-34-27(38)19(2)35(17-20-9-12-22(29)13-10-20)26(37)18-36(41(39,40)23-7-5-4-6-8-23)25-16-21(28(31,32)33)11-14-24(25)30/h4-14,16,19H,3,15,17-18H2,1-2H3,(H,34,38). The summed E-state index contributed by atoms with van der Waals surface area (Å²) in [7, 11) is -4.59. The van der Waals surface area contributed by atoms with Crippen molar-refractivity contribution in [2.75, 3.05) is 17.4 Å². The second-order valence-electron chi connectivity index (χ2n) is 9.10. The van der Waals surface area contributed by atoms with E-state index >= 15 is 0 Å². The van der Waals surface area contributed by atoms with Crippen molar-refractivity contribution >= 4 is 50.7 Å². The quantitative estimate of drug-likeness (QED) is 0.276. The summed E-state index contributed by atoms with van der Waals surface area (Å²) in [6.07, 6.45) is -4.17. The predicted octanol–water partition coefficient (Wildman–Crippen LogP) is 6.15. The number of alkyl halides is 3. The summed E-state index contributed by atoms with van der Waals surface area (Å²) in [5, 5.41) is 2.83. The van der Waals surface area contributed by atoms with Crippen molar-refractivity contribution in [3.63, 3.8) is 0 Å². The van der Waals surface area contributed by atoms with Crippen molar-refractivity contribution in [1.29, 1.82) is 0 Å². The highest BCUT2D eigenvalue weighted by Crippen LogP contribution is 2.37. The Morgan fingerprint density at radius 3 is 2.20 bits per heavy atom. The lowest BCUT2D eigenvalue weighted by Crippen LogP contribution is -2.51. The molecule has 0 bridgehead atoms. The van der Waals surface area contributed by atoms with Gasteiger partial charge in [0.05, 0.1) is 21.2 Å². The van der Waals surface area contributed by atoms with Gasteiger partial charge in [0.1, 0.15) is 12.6 Å². The minimum atomic E-state index is -4.81. The van der Waals surface area contributed by atoms with Crippen molar-refractivity contribution in [3.8, 4) is 0 Å². The molecule has 13 heteroatoms. The zero-order chi connectivity index (χ0) is 30.4. The van der Waals surface area contributed by atoms with Crippen LogP contribution in [0.4, 0.5) is 18.9 Å². The van der Waals surface area contributed by atoms with E-state index in [1.807, 2.05) is 6.92 Å². The van der Waals surface area contributed by atoms with E-state index in [2.05, 4.69) is 5.32 Å². The molecule has 3 rings (SSSR count). The number of nitrogens with one attached hydrogen (secondary N) is 1. The van der Waals surface area contributed by atoms with E-state index in [1.165, 1.54) is 31.2 Å². The fourth-order valence-corrected chi connectivity index (χ4v) is 5.72. The first-order valence-electron chi connectivity index (χ1n) is 12.5. The summed E-state index contributed by atoms with van der Waals surface area (Å²) in [4.78, 5) is 27.6. The third kappa shape index (κ3) is 8.15. The zero-order valence-electron chi connectivity index (χ0n) is 22.2. The first kappa shape index (κ1) is 32.2. The maximum absolute atomic E-state index is 13.8. The highest BCUT2D eigenvalue weighted by atomic mass is 35.5. The molecule has 220 valence electrons. The molecule has 0 aliphatic heterocycles. The van der Waals surface area contributed by atoms with Crippen LogP contribution in [0.25, 0.3) is 0 Å². The van der Waals surface area contributed by atoms with E-state index in [9.17, 15) is 31.2 Å². The van der Waals surface area contributed by atoms with Crippen molar-refractivity contribution in [2.24, 2.45) is 0 Å². The third-order valence-electron chi connectivity index (χ3n) is 6.13. The molecule has 41 heavy (non-hydrogen) atoms. The first-order chi connectivity index (χ1) is 19.3. The van der Waals surface area contributed by atoms with Crippen LogP contribution >= 0.6 is 23.2 Å². The molecule has 0 fully saturated rings. The number of amides is 2. The summed E-state index contributed by atoms with van der Waals surface area (Å²) in [5.74, 6) is -1.32. The number of hydrogen-bond acceptors (Lipinski definition) is 4. The van der Waals surface area contributed by atoms with Crippen molar-refractivity contribution in [1.82, 2.24) is 10.2 Å². The Morgan fingerprint density at radius 1 is 0.976 bits per heavy atom. The minimum Gasteiger partial charge on any atom is -0.354 e. The SMILES string of the molecule is CCCNC(=O)C(C)N(Cc1ccc(Cl)cc1)C(=O)CN(c1cc(C(F)(F)F)ccc1Cl)S(=O)(=O)c1ccccc1. The van der Waals surface area contributed by atoms with Gasteiger partial charge in [0, 0.05) is 18.1 Å². The first-order valence-corrected chi connectivity index (χ1v) is 14.7. The molecule has 1 N–H and O–H groups in total. The summed E-state index contributed by atoms with van der Waals surface area (Å²) < 4.78 is 68.9. The van der Waals surface area contributed by atoms with Crippen molar-refractivity contribution in [3.05, 3.63) is 94.0 Å². The van der Waals surface area contributed by atoms with E-state index in [1.54, 1.807) is 30.3 Å². The highest BCUT2D eigenvalue weighted by Gasteiger charge is 2.36. The van der Waals surface area contributed by atoms with Crippen LogP contribution in [0.2, 0.25) is 10.0 Å². The second-order valence-corrected chi connectivity index (χ2v) is 11.8. The molecule has 0 saturated carbocycles. The average Bonchev–Trinajstić information content (AvgIpc) is 2.94. The Labute approximate surface area is 246 Å². The molecule has 0 spiro atoms. The molecule has 1 atom stereocenters. The maximum Gasteiger partial charge on any atom is 0.416 e. The van der Waals surface area contributed by atoms with Gasteiger partial charge in [0.2, 0.25) is 11.8 Å². The van der Waals surface area contributed by atoms with Crippen LogP contribution in [0, 0.1) is 0 Å². The molecule has 1 unspecified atom stereocenters. The average molecular weight is 631 g/mol. The van der Waals surface area contributed by atoms with E-state index in [-0.39, 0.29) is 16.5 Å². The van der Waals surface area contributed by atoms with E-state index in [0.29, 0.717) is 40.0 Å². The van der Waals surface area contributed by atoms with Gasteiger partial charge < -0.3 is 10.2 Å². The normalized spacial score (nSPS) is 12.5. The highest BCUT2D eigenvalue weighted by molar-refractivity contribution is 7.92. The second kappa shape index (κ2) is 13.6. The summed E-state index contributed by atoms with van der Waals surface area (Å²) >= 11 is 12.2. The number of carbonyl (C=O) groups is 2. The van der Waals surface area contributed by atoms with Gasteiger partial charge in [-0.1, -0.05) is 60.5 Å². The van der Waals surface area contributed by atoms with E-state index in [4.69, 9.17) is 23.2 Å². The van der Waals surface area contributed by atoms with Gasteiger partial charge in [-0.2, -0.15) is 13.2 Å². The zero-order valence-corrected chi connectivity index (χ0v) is 24.5. The molecule has 3 aromatic rings. The number of hydrogen-bond donors (Lipinski definition) is 1. The number of anilines is 1. The van der Waals surface area contributed by atoms with Gasteiger partial charge in [-0.3, -0.25) is 13.9 Å². The summed E-state index contributed by atoms with van der Waals surface area (Å²) in [5.41, 5.74) is -1.09. The molecular weight excluding hydrogens is 602 g/mol. The molecule has 0 heterocycles. The van der Waals surface area contributed by atoms with Gasteiger partial charge in [0.25, 0.3) is 10.0 Å². The van der Waals surface area contributed by atoms with Gasteiger partial charge in [-0.05, 0) is 61.4 Å². The Morgan fingerprint density at radius 2 is 1.61 bits per heavy atom. The number of nitrogens with zero attached hydrogens (tertiary/aromatic N) is 2. The Bertz CT molecular complexity index is 1470. The van der Waals surface area contributed by atoms with Gasteiger partial charge in [-0.15, -0.1) is 0 Å². The summed E-state index contributed by atoms with van der Waals surface area (Å²) in [6.45, 7) is 2.64. The molecule has 0 aromatic heterocycles. The van der Waals surface area contributed by atoms with Crippen LogP contribution in [0.15, 0.2) is 77.7 Å². The Balaban J connectivity index is 2.11. The smallest absolute Gasteiger partial charge is 0.354 e. The van der Waals surface area contributed by atoms with Crippen LogP contribution in [-0.2, 0) is 32.3 Å². The fraction of sp³-hybridized carbons (Fsp3) is 0.286. The lowest BCUT2D eigenvalue weighted by atomic mass is 10.1. The van der Waals surface area contributed by atoms with Crippen LogP contribution in [0.1, 0.15) is 31.4 Å². The fourth-order valence-electron chi connectivity index (χ4n) is 3.88. The molecule has 0 saturated heterocycles. The van der Waals surface area contributed by atoms with Crippen LogP contribution in [0.3, 0.4) is 0 Å². The van der Waals surface area contributed by atoms with Crippen LogP contribution in [0.5, 0.6) is 0 Å².